The maximum Gasteiger partial charge on any atom is 0.165 e. The van der Waals surface area contributed by atoms with E-state index in [2.05, 4.69) is 5.16 Å². The molecule has 0 unspecified atom stereocenters. The molecule has 3 heteroatoms. The topological polar surface area (TPSA) is 46.3 Å². The predicted molar refractivity (Wildman–Crippen MR) is 83.2 cm³/mol. The molecule has 2 aromatic carbocycles. The van der Waals surface area contributed by atoms with Gasteiger partial charge in [0.2, 0.25) is 0 Å². The normalized spacial score (nSPS) is 11.1. The Labute approximate surface area is 123 Å². The molecule has 3 aromatic rings. The van der Waals surface area contributed by atoms with Crippen molar-refractivity contribution in [1.82, 2.24) is 5.16 Å². The second-order valence-corrected chi connectivity index (χ2v) is 4.64. The molecule has 0 saturated heterocycles. The Balaban J connectivity index is 1.94. The van der Waals surface area contributed by atoms with E-state index >= 15 is 0 Å². The minimum atomic E-state index is -0.109. The van der Waals surface area contributed by atoms with Crippen LogP contribution in [0.3, 0.4) is 0 Å². The zero-order valence-corrected chi connectivity index (χ0v) is 11.4. The average Bonchev–Trinajstić information content (AvgIpc) is 2.97. The van der Waals surface area contributed by atoms with Gasteiger partial charge in [0.1, 0.15) is 5.69 Å². The van der Waals surface area contributed by atoms with Gasteiger partial charge in [-0.2, -0.15) is 0 Å². The van der Waals surface area contributed by atoms with Gasteiger partial charge < -0.3 is 9.63 Å². The van der Waals surface area contributed by atoms with E-state index in [0.29, 0.717) is 17.0 Å². The zero-order chi connectivity index (χ0) is 14.5. The molecule has 0 aliphatic carbocycles. The van der Waals surface area contributed by atoms with Gasteiger partial charge in [0.25, 0.3) is 0 Å². The van der Waals surface area contributed by atoms with E-state index < -0.39 is 0 Å². The Morgan fingerprint density at radius 1 is 0.905 bits per heavy atom. The van der Waals surface area contributed by atoms with Crippen LogP contribution in [0.1, 0.15) is 16.9 Å². The highest BCUT2D eigenvalue weighted by Crippen LogP contribution is 2.26. The molecule has 0 aliphatic rings. The zero-order valence-electron chi connectivity index (χ0n) is 11.4. The number of aromatic nitrogens is 1. The number of hydrogen-bond donors (Lipinski definition) is 1. The summed E-state index contributed by atoms with van der Waals surface area (Å²) in [6.07, 6.45) is 3.77. The molecule has 0 spiro atoms. The average molecular weight is 277 g/mol. The van der Waals surface area contributed by atoms with Gasteiger partial charge in [-0.3, -0.25) is 0 Å². The number of aliphatic hydroxyl groups excluding tert-OH is 1. The lowest BCUT2D eigenvalue weighted by atomic mass is 10.1. The fourth-order valence-corrected chi connectivity index (χ4v) is 2.16. The highest BCUT2D eigenvalue weighted by molar-refractivity contribution is 5.73. The van der Waals surface area contributed by atoms with Crippen LogP contribution in [0.4, 0.5) is 0 Å². The fourth-order valence-electron chi connectivity index (χ4n) is 2.16. The quantitative estimate of drug-likeness (QED) is 0.784. The van der Waals surface area contributed by atoms with Gasteiger partial charge in [0, 0.05) is 5.56 Å². The molecule has 0 saturated carbocycles. The summed E-state index contributed by atoms with van der Waals surface area (Å²) in [5.41, 5.74) is 3.39. The monoisotopic (exact) mass is 277 g/mol. The molecule has 1 N–H and O–H groups in total. The smallest absolute Gasteiger partial charge is 0.165 e. The second-order valence-electron chi connectivity index (χ2n) is 4.64. The van der Waals surface area contributed by atoms with Crippen LogP contribution in [0.2, 0.25) is 0 Å². The van der Waals surface area contributed by atoms with Crippen LogP contribution in [0.15, 0.2) is 65.2 Å². The SMILES string of the molecule is OCc1c(-c2ccccc2)noc1/C=C/c1ccccc1. The van der Waals surface area contributed by atoms with Crippen LogP contribution in [-0.2, 0) is 6.61 Å². The highest BCUT2D eigenvalue weighted by atomic mass is 16.5. The molecule has 0 atom stereocenters. The third kappa shape index (κ3) is 2.93. The van der Waals surface area contributed by atoms with Crippen LogP contribution in [-0.4, -0.2) is 10.3 Å². The summed E-state index contributed by atoms with van der Waals surface area (Å²) in [6, 6.07) is 19.6. The van der Waals surface area contributed by atoms with E-state index in [1.165, 1.54) is 0 Å². The number of hydrogen-bond acceptors (Lipinski definition) is 3. The molecule has 21 heavy (non-hydrogen) atoms. The van der Waals surface area contributed by atoms with Gasteiger partial charge in [-0.1, -0.05) is 71.9 Å². The summed E-state index contributed by atoms with van der Waals surface area (Å²) in [5, 5.41) is 13.7. The largest absolute Gasteiger partial charge is 0.391 e. The first-order valence-corrected chi connectivity index (χ1v) is 6.76. The van der Waals surface area contributed by atoms with Gasteiger partial charge in [0.15, 0.2) is 5.76 Å². The summed E-state index contributed by atoms with van der Waals surface area (Å²) in [5.74, 6) is 0.584. The molecule has 0 bridgehead atoms. The lowest BCUT2D eigenvalue weighted by molar-refractivity contribution is 0.280. The molecular formula is C18H15NO2. The number of nitrogens with zero attached hydrogens (tertiary/aromatic N) is 1. The molecule has 0 fully saturated rings. The predicted octanol–water partition coefficient (Wildman–Crippen LogP) is 4.00. The van der Waals surface area contributed by atoms with Crippen molar-refractivity contribution in [2.75, 3.05) is 0 Å². The Bertz CT molecular complexity index is 730. The van der Waals surface area contributed by atoms with Gasteiger partial charge in [-0.15, -0.1) is 0 Å². The summed E-state index contributed by atoms with van der Waals surface area (Å²) < 4.78 is 5.37. The van der Waals surface area contributed by atoms with Crippen molar-refractivity contribution in [3.05, 3.63) is 77.6 Å². The lowest BCUT2D eigenvalue weighted by Crippen LogP contribution is -1.88. The van der Waals surface area contributed by atoms with Crippen molar-refractivity contribution in [3.8, 4) is 11.3 Å². The number of rotatable bonds is 4. The lowest BCUT2D eigenvalue weighted by Gasteiger charge is -1.98. The van der Waals surface area contributed by atoms with Gasteiger partial charge in [-0.25, -0.2) is 0 Å². The third-order valence-electron chi connectivity index (χ3n) is 3.25. The van der Waals surface area contributed by atoms with E-state index in [1.54, 1.807) is 0 Å². The van der Waals surface area contributed by atoms with E-state index in [-0.39, 0.29) is 6.61 Å². The van der Waals surface area contributed by atoms with Crippen LogP contribution in [0.5, 0.6) is 0 Å². The fraction of sp³-hybridized carbons (Fsp3) is 0.0556. The second kappa shape index (κ2) is 6.20. The molecule has 3 nitrogen and oxygen atoms in total. The van der Waals surface area contributed by atoms with Crippen LogP contribution in [0, 0.1) is 0 Å². The first kappa shape index (κ1) is 13.3. The molecule has 0 radical (unpaired) electrons. The minimum absolute atomic E-state index is 0.109. The molecule has 1 aromatic heterocycles. The van der Waals surface area contributed by atoms with Crippen molar-refractivity contribution in [3.63, 3.8) is 0 Å². The minimum Gasteiger partial charge on any atom is -0.391 e. The van der Waals surface area contributed by atoms with Crippen LogP contribution < -0.4 is 0 Å². The van der Waals surface area contributed by atoms with E-state index in [1.807, 2.05) is 72.8 Å². The van der Waals surface area contributed by atoms with Gasteiger partial charge in [0.05, 0.1) is 12.2 Å². The maximum absolute atomic E-state index is 9.61. The molecule has 3 rings (SSSR count). The van der Waals surface area contributed by atoms with Crippen LogP contribution in [0.25, 0.3) is 23.4 Å². The van der Waals surface area contributed by atoms with E-state index in [9.17, 15) is 5.11 Å². The Morgan fingerprint density at radius 2 is 1.57 bits per heavy atom. The molecular weight excluding hydrogens is 262 g/mol. The highest BCUT2D eigenvalue weighted by Gasteiger charge is 2.14. The summed E-state index contributed by atoms with van der Waals surface area (Å²) in [4.78, 5) is 0. The van der Waals surface area contributed by atoms with E-state index in [4.69, 9.17) is 4.52 Å². The van der Waals surface area contributed by atoms with Crippen LogP contribution >= 0.6 is 0 Å². The molecule has 0 amide bonds. The van der Waals surface area contributed by atoms with Crippen molar-refractivity contribution in [2.24, 2.45) is 0 Å². The third-order valence-corrected chi connectivity index (χ3v) is 3.25. The van der Waals surface area contributed by atoms with E-state index in [0.717, 1.165) is 11.1 Å². The summed E-state index contributed by atoms with van der Waals surface area (Å²) >= 11 is 0. The van der Waals surface area contributed by atoms with Crippen molar-refractivity contribution in [1.29, 1.82) is 0 Å². The Kier molecular flexibility index (Phi) is 3.94. The first-order chi connectivity index (χ1) is 10.4. The number of aliphatic hydroxyl groups is 1. The first-order valence-electron chi connectivity index (χ1n) is 6.76. The standard InChI is InChI=1S/C18H15NO2/c20-13-16-17(12-11-14-7-3-1-4-8-14)21-19-18(16)15-9-5-2-6-10-15/h1-12,20H,13H2/b12-11+. The maximum atomic E-state index is 9.61. The summed E-state index contributed by atoms with van der Waals surface area (Å²) in [7, 11) is 0. The molecule has 0 aliphatic heterocycles. The van der Waals surface area contributed by atoms with Gasteiger partial charge >= 0.3 is 0 Å². The molecule has 1 heterocycles. The van der Waals surface area contributed by atoms with Crippen molar-refractivity contribution in [2.45, 2.75) is 6.61 Å². The van der Waals surface area contributed by atoms with Crippen molar-refractivity contribution < 1.29 is 9.63 Å². The Morgan fingerprint density at radius 3 is 2.24 bits per heavy atom. The molecule has 104 valence electrons. The Hall–Kier alpha value is -2.65. The number of benzene rings is 2. The van der Waals surface area contributed by atoms with Gasteiger partial charge in [-0.05, 0) is 11.6 Å². The van der Waals surface area contributed by atoms with Crippen molar-refractivity contribution >= 4 is 12.2 Å². The summed E-state index contributed by atoms with van der Waals surface area (Å²) in [6.45, 7) is -0.109.